The number of pyridine rings is 2. The van der Waals surface area contributed by atoms with Crippen molar-refractivity contribution in [1.29, 1.82) is 0 Å². The zero-order valence-electron chi connectivity index (χ0n) is 22.9. The normalized spacial score (nSPS) is 17.3. The van der Waals surface area contributed by atoms with E-state index in [0.29, 0.717) is 11.7 Å². The van der Waals surface area contributed by atoms with Crippen molar-refractivity contribution in [2.45, 2.75) is 70.6 Å². The number of carbonyl (C=O) groups excluding carboxylic acids is 1. The van der Waals surface area contributed by atoms with Crippen LogP contribution in [0.1, 0.15) is 69.4 Å². The smallest absolute Gasteiger partial charge is 0.281 e. The van der Waals surface area contributed by atoms with Crippen molar-refractivity contribution in [1.82, 2.24) is 14.7 Å². The van der Waals surface area contributed by atoms with Crippen LogP contribution >= 0.6 is 0 Å². The summed E-state index contributed by atoms with van der Waals surface area (Å²) in [7, 11) is -4.25. The molecule has 1 unspecified atom stereocenters. The van der Waals surface area contributed by atoms with E-state index in [4.69, 9.17) is 4.74 Å². The molecule has 3 heterocycles. The zero-order valence-corrected chi connectivity index (χ0v) is 23.7. The Kier molecular flexibility index (Phi) is 7.52. The summed E-state index contributed by atoms with van der Waals surface area (Å²) < 4.78 is 34.1. The third-order valence-corrected chi connectivity index (χ3v) is 8.00. The number of carbonyl (C=O) groups is 1. The molecular formula is C29H36N4O4S. The van der Waals surface area contributed by atoms with Crippen LogP contribution in [-0.2, 0) is 22.0 Å². The number of amides is 1. The van der Waals surface area contributed by atoms with Gasteiger partial charge in [0.1, 0.15) is 12.4 Å². The first-order chi connectivity index (χ1) is 17.8. The molecule has 0 bridgehead atoms. The molecule has 4 rings (SSSR count). The molecular weight excluding hydrogens is 500 g/mol. The minimum atomic E-state index is -4.25. The Hall–Kier alpha value is -3.46. The SMILES string of the molecule is CC1CN(c2ncccc2C(=O)NS(=O)(=O)c2cccc(OCc3ccc(C(C)(C)C)cc3)n2)C(C)(C)C1. The molecule has 8 nitrogen and oxygen atoms in total. The highest BCUT2D eigenvalue weighted by Crippen LogP contribution is 2.37. The van der Waals surface area contributed by atoms with Crippen molar-refractivity contribution in [3.8, 4) is 5.88 Å². The second-order valence-corrected chi connectivity index (χ2v) is 13.2. The molecule has 1 N–H and O–H groups in total. The average Bonchev–Trinajstić information content (AvgIpc) is 3.14. The maximum Gasteiger partial charge on any atom is 0.281 e. The second-order valence-electron chi connectivity index (χ2n) is 11.6. The number of sulfonamides is 1. The first-order valence-corrected chi connectivity index (χ1v) is 14.2. The minimum absolute atomic E-state index is 0.0494. The van der Waals surface area contributed by atoms with Crippen molar-refractivity contribution in [2.75, 3.05) is 11.4 Å². The highest BCUT2D eigenvalue weighted by Gasteiger charge is 2.39. The number of benzene rings is 1. The maximum absolute atomic E-state index is 13.2. The van der Waals surface area contributed by atoms with E-state index < -0.39 is 15.9 Å². The van der Waals surface area contributed by atoms with Crippen LogP contribution in [0, 0.1) is 5.92 Å². The quantitative estimate of drug-likeness (QED) is 0.448. The van der Waals surface area contributed by atoms with Crippen LogP contribution in [0.25, 0.3) is 0 Å². The van der Waals surface area contributed by atoms with Crippen LogP contribution in [0.5, 0.6) is 5.88 Å². The summed E-state index contributed by atoms with van der Waals surface area (Å²) in [6.45, 7) is 13.8. The summed E-state index contributed by atoms with van der Waals surface area (Å²) in [5, 5.41) is -0.299. The van der Waals surface area contributed by atoms with Gasteiger partial charge in [0.25, 0.3) is 15.9 Å². The second kappa shape index (κ2) is 10.4. The lowest BCUT2D eigenvalue weighted by atomic mass is 9.87. The monoisotopic (exact) mass is 536 g/mol. The lowest BCUT2D eigenvalue weighted by molar-refractivity contribution is 0.0981. The summed E-state index contributed by atoms with van der Waals surface area (Å²) >= 11 is 0. The van der Waals surface area contributed by atoms with E-state index in [1.54, 1.807) is 24.4 Å². The van der Waals surface area contributed by atoms with Crippen molar-refractivity contribution >= 4 is 21.7 Å². The largest absolute Gasteiger partial charge is 0.473 e. The number of aromatic nitrogens is 2. The molecule has 0 saturated carbocycles. The van der Waals surface area contributed by atoms with Gasteiger partial charge in [-0.05, 0) is 60.9 Å². The number of rotatable bonds is 7. The van der Waals surface area contributed by atoms with Crippen molar-refractivity contribution in [3.05, 3.63) is 77.5 Å². The van der Waals surface area contributed by atoms with Crippen LogP contribution in [0.4, 0.5) is 5.82 Å². The van der Waals surface area contributed by atoms with Crippen LogP contribution in [0.3, 0.4) is 0 Å². The summed E-state index contributed by atoms with van der Waals surface area (Å²) in [5.41, 5.74) is 2.19. The number of nitrogens with zero attached hydrogens (tertiary/aromatic N) is 3. The molecule has 1 aliphatic heterocycles. The van der Waals surface area contributed by atoms with E-state index in [1.165, 1.54) is 17.7 Å². The van der Waals surface area contributed by atoms with Gasteiger partial charge in [0.05, 0.1) is 5.56 Å². The Morgan fingerprint density at radius 3 is 2.45 bits per heavy atom. The molecule has 9 heteroatoms. The number of nitrogens with one attached hydrogen (secondary N) is 1. The lowest BCUT2D eigenvalue weighted by Gasteiger charge is -2.33. The molecule has 1 atom stereocenters. The average molecular weight is 537 g/mol. The molecule has 0 aliphatic carbocycles. The highest BCUT2D eigenvalue weighted by molar-refractivity contribution is 7.90. The molecule has 3 aromatic rings. The molecule has 1 saturated heterocycles. The lowest BCUT2D eigenvalue weighted by Crippen LogP contribution is -2.41. The van der Waals surface area contributed by atoms with E-state index in [9.17, 15) is 13.2 Å². The topological polar surface area (TPSA) is 101 Å². The predicted molar refractivity (Wildman–Crippen MR) is 148 cm³/mol. The zero-order chi connectivity index (χ0) is 27.7. The van der Waals surface area contributed by atoms with Crippen LogP contribution in [-0.4, -0.2) is 36.4 Å². The molecule has 1 amide bonds. The van der Waals surface area contributed by atoms with Crippen LogP contribution in [0.2, 0.25) is 0 Å². The fraction of sp³-hybridized carbons (Fsp3) is 0.414. The fourth-order valence-electron chi connectivity index (χ4n) is 4.86. The van der Waals surface area contributed by atoms with Crippen molar-refractivity contribution in [2.24, 2.45) is 5.92 Å². The van der Waals surface area contributed by atoms with Gasteiger partial charge in [0.2, 0.25) is 5.88 Å². The third-order valence-electron chi connectivity index (χ3n) is 6.77. The Morgan fingerprint density at radius 2 is 1.82 bits per heavy atom. The Bertz CT molecular complexity index is 1410. The van der Waals surface area contributed by atoms with Crippen molar-refractivity contribution < 1.29 is 17.9 Å². The third kappa shape index (κ3) is 6.15. The molecule has 1 fully saturated rings. The van der Waals surface area contributed by atoms with E-state index in [-0.39, 0.29) is 34.0 Å². The van der Waals surface area contributed by atoms with Gasteiger partial charge >= 0.3 is 0 Å². The molecule has 0 radical (unpaired) electrons. The standard InChI is InChI=1S/C29H36N4O4S/c1-20-17-29(5,6)33(18-20)26-23(9-8-16-30-26)27(34)32-38(35,36)25-11-7-10-24(31-25)37-19-21-12-14-22(15-13-21)28(2,3)4/h7-16,20H,17-19H2,1-6H3,(H,32,34). The Labute approximate surface area is 225 Å². The van der Waals surface area contributed by atoms with Gasteiger partial charge in [-0.25, -0.2) is 9.71 Å². The number of ether oxygens (including phenoxy) is 1. The summed E-state index contributed by atoms with van der Waals surface area (Å²) in [6.07, 6.45) is 2.55. The summed E-state index contributed by atoms with van der Waals surface area (Å²) in [5.74, 6) is 0.290. The first-order valence-electron chi connectivity index (χ1n) is 12.8. The van der Waals surface area contributed by atoms with Gasteiger partial charge in [-0.3, -0.25) is 4.79 Å². The van der Waals surface area contributed by atoms with E-state index in [2.05, 4.69) is 73.3 Å². The van der Waals surface area contributed by atoms with Crippen LogP contribution < -0.4 is 14.4 Å². The van der Waals surface area contributed by atoms with E-state index in [0.717, 1.165) is 18.5 Å². The van der Waals surface area contributed by atoms with E-state index >= 15 is 0 Å². The van der Waals surface area contributed by atoms with Crippen LogP contribution in [0.15, 0.2) is 65.8 Å². The number of hydrogen-bond donors (Lipinski definition) is 1. The van der Waals surface area contributed by atoms with Gasteiger partial charge in [0.15, 0.2) is 5.03 Å². The predicted octanol–water partition coefficient (Wildman–Crippen LogP) is 5.10. The molecule has 2 aromatic heterocycles. The fourth-order valence-corrected chi connectivity index (χ4v) is 5.79. The molecule has 202 valence electrons. The Morgan fingerprint density at radius 1 is 1.11 bits per heavy atom. The molecule has 1 aromatic carbocycles. The number of hydrogen-bond acceptors (Lipinski definition) is 7. The van der Waals surface area contributed by atoms with Crippen molar-refractivity contribution in [3.63, 3.8) is 0 Å². The molecule has 38 heavy (non-hydrogen) atoms. The Balaban J connectivity index is 1.48. The summed E-state index contributed by atoms with van der Waals surface area (Å²) in [6, 6.07) is 15.7. The summed E-state index contributed by atoms with van der Waals surface area (Å²) in [4.78, 5) is 23.8. The molecule has 1 aliphatic rings. The maximum atomic E-state index is 13.2. The number of anilines is 1. The van der Waals surface area contributed by atoms with E-state index in [1.807, 2.05) is 12.1 Å². The minimum Gasteiger partial charge on any atom is -0.473 e. The van der Waals surface area contributed by atoms with Gasteiger partial charge in [-0.2, -0.15) is 13.4 Å². The first kappa shape index (κ1) is 27.6. The van der Waals surface area contributed by atoms with Gasteiger partial charge in [-0.1, -0.05) is 58.0 Å². The molecule has 0 spiro atoms. The van der Waals surface area contributed by atoms with Gasteiger partial charge in [-0.15, -0.1) is 0 Å². The van der Waals surface area contributed by atoms with Gasteiger partial charge in [0, 0.05) is 24.3 Å². The highest BCUT2D eigenvalue weighted by atomic mass is 32.2. The van der Waals surface area contributed by atoms with Gasteiger partial charge < -0.3 is 9.64 Å².